The predicted molar refractivity (Wildman–Crippen MR) is 109 cm³/mol. The fourth-order valence-corrected chi connectivity index (χ4v) is 4.49. The zero-order valence-electron chi connectivity index (χ0n) is 16.7. The predicted octanol–water partition coefficient (Wildman–Crippen LogP) is 3.17. The van der Waals surface area contributed by atoms with Gasteiger partial charge in [-0.2, -0.15) is 0 Å². The highest BCUT2D eigenvalue weighted by Crippen LogP contribution is 2.33. The molecule has 0 unspecified atom stereocenters. The van der Waals surface area contributed by atoms with Crippen LogP contribution in [0.25, 0.3) is 0 Å². The Bertz CT molecular complexity index is 855. The summed E-state index contributed by atoms with van der Waals surface area (Å²) in [5.41, 5.74) is 1.77. The third kappa shape index (κ3) is 3.43. The number of hydrogen-bond donors (Lipinski definition) is 0. The van der Waals surface area contributed by atoms with Gasteiger partial charge in [-0.25, -0.2) is 4.98 Å². The highest BCUT2D eigenvalue weighted by molar-refractivity contribution is 6.13. The molecule has 0 saturated heterocycles. The van der Waals surface area contributed by atoms with E-state index in [4.69, 9.17) is 0 Å². The molecule has 28 heavy (non-hydrogen) atoms. The molecule has 1 aromatic heterocycles. The number of rotatable bonds is 4. The summed E-state index contributed by atoms with van der Waals surface area (Å²) in [4.78, 5) is 34.5. The summed E-state index contributed by atoms with van der Waals surface area (Å²) in [6.07, 6.45) is 8.17. The lowest BCUT2D eigenvalue weighted by atomic mass is 9.87. The largest absolute Gasteiger partial charge is 0.336 e. The molecule has 0 bridgehead atoms. The van der Waals surface area contributed by atoms with Crippen LogP contribution in [0, 0.1) is 11.8 Å². The summed E-state index contributed by atoms with van der Waals surface area (Å²) in [5.74, 6) is 0.274. The Hall–Kier alpha value is -2.63. The minimum atomic E-state index is -0.698. The Morgan fingerprint density at radius 1 is 1.18 bits per heavy atom. The molecular weight excluding hydrogens is 352 g/mol. The van der Waals surface area contributed by atoms with Crippen molar-refractivity contribution in [3.63, 3.8) is 0 Å². The molecule has 0 radical (unpaired) electrons. The van der Waals surface area contributed by atoms with Gasteiger partial charge >= 0.3 is 0 Å². The summed E-state index contributed by atoms with van der Waals surface area (Å²) < 4.78 is 1.94. The Morgan fingerprint density at radius 2 is 1.89 bits per heavy atom. The van der Waals surface area contributed by atoms with Crippen LogP contribution in [0.1, 0.15) is 37.8 Å². The lowest BCUT2D eigenvalue weighted by Gasteiger charge is -2.35. The monoisotopic (exact) mass is 380 g/mol. The van der Waals surface area contributed by atoms with E-state index in [0.29, 0.717) is 18.9 Å². The number of carbonyl (C=O) groups excluding carboxylic acids is 2. The van der Waals surface area contributed by atoms with Crippen molar-refractivity contribution in [3.05, 3.63) is 42.4 Å². The van der Waals surface area contributed by atoms with Crippen LogP contribution in [0.2, 0.25) is 0 Å². The zero-order valence-corrected chi connectivity index (χ0v) is 16.7. The average molecular weight is 380 g/mol. The first-order chi connectivity index (χ1) is 13.6. The Labute approximate surface area is 166 Å². The zero-order chi connectivity index (χ0) is 19.7. The molecule has 0 spiro atoms. The van der Waals surface area contributed by atoms with E-state index in [9.17, 15) is 9.59 Å². The van der Waals surface area contributed by atoms with E-state index < -0.39 is 5.92 Å². The SMILES string of the molecule is CN(C(=O)[C@@H]1Cc2c(ncn2C)N(CC2CCCCC2)C1=O)c1ccccc1. The molecule has 2 aromatic rings. The van der Waals surface area contributed by atoms with Crippen molar-refractivity contribution >= 4 is 23.3 Å². The highest BCUT2D eigenvalue weighted by Gasteiger charge is 2.41. The van der Waals surface area contributed by atoms with Gasteiger partial charge in [0, 0.05) is 32.7 Å². The van der Waals surface area contributed by atoms with Crippen molar-refractivity contribution < 1.29 is 9.59 Å². The Morgan fingerprint density at radius 3 is 2.61 bits per heavy atom. The van der Waals surface area contributed by atoms with E-state index in [1.165, 1.54) is 19.3 Å². The molecule has 0 N–H and O–H groups in total. The van der Waals surface area contributed by atoms with E-state index in [0.717, 1.165) is 30.0 Å². The number of para-hydroxylation sites is 1. The summed E-state index contributed by atoms with van der Waals surface area (Å²) in [5, 5.41) is 0. The van der Waals surface area contributed by atoms with Crippen LogP contribution in [0.15, 0.2) is 36.7 Å². The van der Waals surface area contributed by atoms with Crippen LogP contribution in [0.5, 0.6) is 0 Å². The molecule has 2 amide bonds. The fraction of sp³-hybridized carbons (Fsp3) is 0.500. The highest BCUT2D eigenvalue weighted by atomic mass is 16.2. The summed E-state index contributed by atoms with van der Waals surface area (Å²) >= 11 is 0. The Kier molecular flexibility index (Phi) is 5.20. The van der Waals surface area contributed by atoms with Crippen molar-refractivity contribution in [2.75, 3.05) is 23.4 Å². The molecule has 1 fully saturated rings. The van der Waals surface area contributed by atoms with Gasteiger partial charge < -0.3 is 9.47 Å². The van der Waals surface area contributed by atoms with Gasteiger partial charge in [0.2, 0.25) is 11.8 Å². The van der Waals surface area contributed by atoms with Crippen molar-refractivity contribution in [1.29, 1.82) is 0 Å². The third-order valence-electron chi connectivity index (χ3n) is 6.19. The molecule has 6 heteroatoms. The first-order valence-corrected chi connectivity index (χ1v) is 10.2. The number of aryl methyl sites for hydroxylation is 1. The van der Waals surface area contributed by atoms with E-state index in [1.807, 2.05) is 41.9 Å². The molecule has 148 valence electrons. The quantitative estimate of drug-likeness (QED) is 0.766. The van der Waals surface area contributed by atoms with E-state index in [-0.39, 0.29) is 11.8 Å². The van der Waals surface area contributed by atoms with Crippen LogP contribution in [-0.4, -0.2) is 35.0 Å². The maximum absolute atomic E-state index is 13.4. The molecule has 6 nitrogen and oxygen atoms in total. The topological polar surface area (TPSA) is 58.4 Å². The number of fused-ring (bicyclic) bond motifs is 1. The standard InChI is InChI=1S/C22H28N4O2/c1-24-15-23-20-19(24)13-18(21(27)25(2)17-11-7-4-8-12-17)22(28)26(20)14-16-9-5-3-6-10-16/h4,7-8,11-12,15-16,18H,3,5-6,9-10,13-14H2,1-2H3/t18-/m0/s1. The normalized spacial score (nSPS) is 20.1. The molecule has 1 aromatic carbocycles. The van der Waals surface area contributed by atoms with Gasteiger partial charge in [-0.3, -0.25) is 14.5 Å². The van der Waals surface area contributed by atoms with Crippen molar-refractivity contribution in [1.82, 2.24) is 9.55 Å². The molecule has 1 aliphatic heterocycles. The fourth-order valence-electron chi connectivity index (χ4n) is 4.49. The van der Waals surface area contributed by atoms with Crippen molar-refractivity contribution in [2.24, 2.45) is 18.9 Å². The van der Waals surface area contributed by atoms with Crippen LogP contribution < -0.4 is 9.80 Å². The maximum Gasteiger partial charge on any atom is 0.241 e. The molecule has 2 aliphatic rings. The van der Waals surface area contributed by atoms with Gasteiger partial charge in [-0.05, 0) is 30.9 Å². The van der Waals surface area contributed by atoms with Crippen molar-refractivity contribution in [3.8, 4) is 0 Å². The second kappa shape index (κ2) is 7.78. The number of carbonyl (C=O) groups is 2. The number of benzene rings is 1. The minimum absolute atomic E-state index is 0.107. The second-order valence-electron chi connectivity index (χ2n) is 8.07. The molecule has 1 atom stereocenters. The Balaban J connectivity index is 1.61. The maximum atomic E-state index is 13.4. The molecule has 1 aliphatic carbocycles. The number of anilines is 2. The molecule has 2 heterocycles. The third-order valence-corrected chi connectivity index (χ3v) is 6.19. The van der Waals surface area contributed by atoms with E-state index >= 15 is 0 Å². The minimum Gasteiger partial charge on any atom is -0.336 e. The summed E-state index contributed by atoms with van der Waals surface area (Å²) in [6.45, 7) is 0.668. The number of aromatic nitrogens is 2. The summed E-state index contributed by atoms with van der Waals surface area (Å²) in [7, 11) is 3.68. The first kappa shape index (κ1) is 18.7. The number of amides is 2. The lowest BCUT2D eigenvalue weighted by Crippen LogP contribution is -2.50. The van der Waals surface area contributed by atoms with Crippen molar-refractivity contribution in [2.45, 2.75) is 38.5 Å². The molecule has 1 saturated carbocycles. The van der Waals surface area contributed by atoms with Gasteiger partial charge in [0.15, 0.2) is 5.82 Å². The van der Waals surface area contributed by atoms with Gasteiger partial charge in [-0.15, -0.1) is 0 Å². The number of nitrogens with zero attached hydrogens (tertiary/aromatic N) is 4. The molecule has 4 rings (SSSR count). The number of hydrogen-bond acceptors (Lipinski definition) is 3. The van der Waals surface area contributed by atoms with Gasteiger partial charge in [0.05, 0.1) is 12.0 Å². The van der Waals surface area contributed by atoms with Gasteiger partial charge in [0.25, 0.3) is 0 Å². The van der Waals surface area contributed by atoms with E-state index in [1.54, 1.807) is 23.2 Å². The van der Waals surface area contributed by atoms with Crippen LogP contribution in [0.4, 0.5) is 11.5 Å². The first-order valence-electron chi connectivity index (χ1n) is 10.2. The smallest absolute Gasteiger partial charge is 0.241 e. The summed E-state index contributed by atoms with van der Waals surface area (Å²) in [6, 6.07) is 9.50. The van der Waals surface area contributed by atoms with Crippen LogP contribution in [-0.2, 0) is 23.1 Å². The van der Waals surface area contributed by atoms with Crippen LogP contribution in [0.3, 0.4) is 0 Å². The van der Waals surface area contributed by atoms with Gasteiger partial charge in [-0.1, -0.05) is 37.5 Å². The number of imidazole rings is 1. The molecular formula is C22H28N4O2. The van der Waals surface area contributed by atoms with Crippen LogP contribution >= 0.6 is 0 Å². The second-order valence-corrected chi connectivity index (χ2v) is 8.07. The average Bonchev–Trinajstić information content (AvgIpc) is 3.10. The van der Waals surface area contributed by atoms with Gasteiger partial charge in [0.1, 0.15) is 5.92 Å². The lowest BCUT2D eigenvalue weighted by molar-refractivity contribution is -0.132. The van der Waals surface area contributed by atoms with E-state index in [2.05, 4.69) is 4.98 Å².